The molecule has 0 unspecified atom stereocenters. The minimum atomic E-state index is -0.428. The first-order chi connectivity index (χ1) is 11.6. The second-order valence-corrected chi connectivity index (χ2v) is 7.71. The molecule has 5 fully saturated rings. The van der Waals surface area contributed by atoms with Gasteiger partial charge < -0.3 is 9.47 Å². The van der Waals surface area contributed by atoms with Crippen LogP contribution in [0, 0.1) is 11.8 Å². The van der Waals surface area contributed by atoms with Crippen molar-refractivity contribution in [1.29, 1.82) is 0 Å². The fourth-order valence-electron chi connectivity index (χ4n) is 4.64. The maximum absolute atomic E-state index is 12.7. The van der Waals surface area contributed by atoms with E-state index in [9.17, 15) is 14.4 Å². The minimum Gasteiger partial charge on any atom is -0.370 e. The van der Waals surface area contributed by atoms with E-state index in [-0.39, 0.29) is 35.9 Å². The van der Waals surface area contributed by atoms with Crippen molar-refractivity contribution in [2.45, 2.75) is 62.9 Å². The van der Waals surface area contributed by atoms with Gasteiger partial charge >= 0.3 is 6.03 Å². The van der Waals surface area contributed by atoms with Crippen molar-refractivity contribution >= 4 is 17.8 Å². The molecule has 6 atom stereocenters. The zero-order chi connectivity index (χ0) is 16.4. The molecule has 4 amide bonds. The maximum Gasteiger partial charge on any atom is 0.333 e. The number of carbonyl (C=O) groups is 3. The van der Waals surface area contributed by atoms with Gasteiger partial charge in [-0.1, -0.05) is 0 Å². The van der Waals surface area contributed by atoms with Gasteiger partial charge in [-0.25, -0.2) is 4.79 Å². The monoisotopic (exact) mass is 334 g/mol. The molecule has 7 nitrogen and oxygen atoms in total. The third-order valence-corrected chi connectivity index (χ3v) is 6.25. The van der Waals surface area contributed by atoms with Crippen LogP contribution in [0.25, 0.3) is 0 Å². The van der Waals surface area contributed by atoms with E-state index >= 15 is 0 Å². The van der Waals surface area contributed by atoms with Crippen molar-refractivity contribution in [1.82, 2.24) is 9.80 Å². The molecule has 3 heterocycles. The summed E-state index contributed by atoms with van der Waals surface area (Å²) in [4.78, 5) is 40.5. The van der Waals surface area contributed by atoms with E-state index in [4.69, 9.17) is 9.47 Å². The molecular weight excluding hydrogens is 312 g/mol. The van der Waals surface area contributed by atoms with E-state index < -0.39 is 6.03 Å². The molecule has 3 aliphatic heterocycles. The van der Waals surface area contributed by atoms with E-state index in [1.807, 2.05) is 0 Å². The van der Waals surface area contributed by atoms with Crippen molar-refractivity contribution in [2.24, 2.45) is 11.8 Å². The normalized spacial score (nSPS) is 43.2. The second-order valence-electron chi connectivity index (χ2n) is 7.71. The summed E-state index contributed by atoms with van der Waals surface area (Å²) in [5, 5.41) is 0. The van der Waals surface area contributed by atoms with Crippen molar-refractivity contribution in [2.75, 3.05) is 13.1 Å². The van der Waals surface area contributed by atoms with Crippen molar-refractivity contribution in [3.05, 3.63) is 0 Å². The lowest BCUT2D eigenvalue weighted by Crippen LogP contribution is -2.44. The highest BCUT2D eigenvalue weighted by Gasteiger charge is 2.50. The number of amides is 4. The largest absolute Gasteiger partial charge is 0.370 e. The molecule has 0 aromatic heterocycles. The van der Waals surface area contributed by atoms with Gasteiger partial charge in [-0.3, -0.25) is 19.4 Å². The molecule has 2 aliphatic carbocycles. The summed E-state index contributed by atoms with van der Waals surface area (Å²) >= 11 is 0. The molecule has 5 aliphatic rings. The second kappa shape index (κ2) is 5.26. The number of imide groups is 2. The average Bonchev–Trinajstić information content (AvgIpc) is 3.49. The van der Waals surface area contributed by atoms with E-state index in [0.29, 0.717) is 38.1 Å². The lowest BCUT2D eigenvalue weighted by atomic mass is 9.88. The Balaban J connectivity index is 1.22. The topological polar surface area (TPSA) is 82.8 Å². The summed E-state index contributed by atoms with van der Waals surface area (Å²) in [5.41, 5.74) is 0. The average molecular weight is 334 g/mol. The zero-order valence-electron chi connectivity index (χ0n) is 13.6. The van der Waals surface area contributed by atoms with Crippen molar-refractivity contribution in [3.8, 4) is 0 Å². The van der Waals surface area contributed by atoms with Gasteiger partial charge in [0.2, 0.25) is 11.8 Å². The van der Waals surface area contributed by atoms with Crippen LogP contribution in [0.15, 0.2) is 0 Å². The number of fused-ring (bicyclic) bond motifs is 2. The summed E-state index contributed by atoms with van der Waals surface area (Å²) in [6, 6.07) is -0.428. The van der Waals surface area contributed by atoms with Crippen LogP contribution >= 0.6 is 0 Å². The van der Waals surface area contributed by atoms with Crippen LogP contribution in [0.5, 0.6) is 0 Å². The third kappa shape index (κ3) is 2.37. The molecular formula is C17H22N2O5. The number of hydrogen-bond acceptors (Lipinski definition) is 5. The SMILES string of the molecule is O=C([C@@H]1CC[C@H]2O[C@@H]2C1)N1CCN(C(=O)[C@H]2CC[C@H]3O[C@@H]3C2)C1=O. The fourth-order valence-corrected chi connectivity index (χ4v) is 4.64. The van der Waals surface area contributed by atoms with Crippen LogP contribution in [0.3, 0.4) is 0 Å². The lowest BCUT2D eigenvalue weighted by molar-refractivity contribution is -0.133. The zero-order valence-corrected chi connectivity index (χ0v) is 13.6. The van der Waals surface area contributed by atoms with Gasteiger partial charge in [-0.15, -0.1) is 0 Å². The molecule has 0 bridgehead atoms. The predicted octanol–water partition coefficient (Wildman–Crippen LogP) is 0.912. The van der Waals surface area contributed by atoms with Crippen molar-refractivity contribution in [3.63, 3.8) is 0 Å². The van der Waals surface area contributed by atoms with Crippen LogP contribution < -0.4 is 0 Å². The molecule has 0 aromatic carbocycles. The van der Waals surface area contributed by atoms with Crippen LogP contribution in [0.2, 0.25) is 0 Å². The van der Waals surface area contributed by atoms with Crippen LogP contribution in [0.1, 0.15) is 38.5 Å². The number of carbonyl (C=O) groups excluding carboxylic acids is 3. The Hall–Kier alpha value is -1.47. The first-order valence-corrected chi connectivity index (χ1v) is 9.09. The van der Waals surface area contributed by atoms with Gasteiger partial charge in [0.15, 0.2) is 0 Å². The summed E-state index contributed by atoms with van der Waals surface area (Å²) < 4.78 is 10.9. The summed E-state index contributed by atoms with van der Waals surface area (Å²) in [6.07, 6.45) is 5.86. The number of rotatable bonds is 2. The van der Waals surface area contributed by atoms with Gasteiger partial charge in [-0.2, -0.15) is 0 Å². The summed E-state index contributed by atoms with van der Waals surface area (Å²) in [6.45, 7) is 0.647. The van der Waals surface area contributed by atoms with Gasteiger partial charge in [-0.05, 0) is 38.5 Å². The predicted molar refractivity (Wildman–Crippen MR) is 80.8 cm³/mol. The quantitative estimate of drug-likeness (QED) is 0.701. The Morgan fingerprint density at radius 2 is 1.21 bits per heavy atom. The minimum absolute atomic E-state index is 0.126. The number of hydrogen-bond donors (Lipinski definition) is 0. The van der Waals surface area contributed by atoms with E-state index in [1.165, 1.54) is 9.80 Å². The van der Waals surface area contributed by atoms with E-state index in [2.05, 4.69) is 0 Å². The Labute approximate surface area is 140 Å². The molecule has 0 N–H and O–H groups in total. The standard InChI is InChI=1S/C17H22N2O5/c20-15(9-1-3-11-13(7-9)23-11)18-5-6-19(17(18)22)16(21)10-2-4-12-14(8-10)24-12/h9-14H,1-8H2/t9-,10+,11-,12-,13-,14-/m1/s1. The van der Waals surface area contributed by atoms with E-state index in [1.54, 1.807) is 0 Å². The number of epoxide rings is 2. The Kier molecular flexibility index (Phi) is 3.25. The van der Waals surface area contributed by atoms with Gasteiger partial charge in [0.1, 0.15) is 0 Å². The number of urea groups is 1. The lowest BCUT2D eigenvalue weighted by Gasteiger charge is -2.25. The Bertz CT molecular complexity index is 558. The fraction of sp³-hybridized carbons (Fsp3) is 0.824. The van der Waals surface area contributed by atoms with Crippen LogP contribution in [-0.4, -0.2) is 65.2 Å². The summed E-state index contributed by atoms with van der Waals surface area (Å²) in [5.74, 6) is -0.525. The first kappa shape index (κ1) is 14.8. The van der Waals surface area contributed by atoms with Gasteiger partial charge in [0.05, 0.1) is 24.4 Å². The first-order valence-electron chi connectivity index (χ1n) is 9.09. The third-order valence-electron chi connectivity index (χ3n) is 6.25. The molecule has 7 heteroatoms. The number of nitrogens with zero attached hydrogens (tertiary/aromatic N) is 2. The molecule has 24 heavy (non-hydrogen) atoms. The van der Waals surface area contributed by atoms with Crippen LogP contribution in [0.4, 0.5) is 4.79 Å². The van der Waals surface area contributed by atoms with Gasteiger partial charge in [0, 0.05) is 24.9 Å². The molecule has 2 saturated carbocycles. The smallest absolute Gasteiger partial charge is 0.333 e. The van der Waals surface area contributed by atoms with E-state index in [0.717, 1.165) is 25.7 Å². The van der Waals surface area contributed by atoms with Gasteiger partial charge in [0.25, 0.3) is 0 Å². The van der Waals surface area contributed by atoms with Crippen molar-refractivity contribution < 1.29 is 23.9 Å². The highest BCUT2D eigenvalue weighted by atomic mass is 16.6. The Morgan fingerprint density at radius 1 is 0.750 bits per heavy atom. The molecule has 0 aromatic rings. The highest BCUT2D eigenvalue weighted by molar-refractivity contribution is 6.04. The highest BCUT2D eigenvalue weighted by Crippen LogP contribution is 2.41. The molecule has 3 saturated heterocycles. The molecule has 5 rings (SSSR count). The Morgan fingerprint density at radius 3 is 1.62 bits per heavy atom. The molecule has 0 spiro atoms. The molecule has 0 radical (unpaired) electrons. The van der Waals surface area contributed by atoms with Crippen LogP contribution in [-0.2, 0) is 19.1 Å². The maximum atomic E-state index is 12.7. The number of ether oxygens (including phenoxy) is 2. The molecule has 130 valence electrons. The summed E-state index contributed by atoms with van der Waals surface area (Å²) in [7, 11) is 0.